The van der Waals surface area contributed by atoms with E-state index in [9.17, 15) is 0 Å². The molecule has 1 aromatic carbocycles. The van der Waals surface area contributed by atoms with Crippen LogP contribution in [-0.4, -0.2) is 48.2 Å². The first-order chi connectivity index (χ1) is 14.3. The lowest BCUT2D eigenvalue weighted by molar-refractivity contribution is 0.396. The normalized spacial score (nSPS) is 14.4. The minimum Gasteiger partial charge on any atom is -0.481 e. The average molecular weight is 404 g/mol. The second-order valence-electron chi connectivity index (χ2n) is 6.93. The molecule has 1 aliphatic rings. The molecule has 7 heteroatoms. The van der Waals surface area contributed by atoms with Gasteiger partial charge in [0.2, 0.25) is 11.8 Å². The molecule has 6 nitrogen and oxygen atoms in total. The number of anilines is 2. The van der Waals surface area contributed by atoms with Crippen LogP contribution in [0.15, 0.2) is 59.4 Å². The van der Waals surface area contributed by atoms with Gasteiger partial charge in [0.15, 0.2) is 0 Å². The maximum atomic E-state index is 5.22. The van der Waals surface area contributed by atoms with E-state index in [-0.39, 0.29) is 0 Å². The van der Waals surface area contributed by atoms with E-state index in [4.69, 9.17) is 9.72 Å². The van der Waals surface area contributed by atoms with Gasteiger partial charge in [-0.15, -0.1) is 0 Å². The van der Waals surface area contributed by atoms with Crippen molar-refractivity contribution in [2.45, 2.75) is 0 Å². The Morgan fingerprint density at radius 3 is 2.59 bits per heavy atom. The molecule has 4 heterocycles. The number of aromatic nitrogens is 3. The largest absolute Gasteiger partial charge is 0.481 e. The number of piperazine rings is 1. The Morgan fingerprint density at radius 2 is 1.79 bits per heavy atom. The number of hydrogen-bond acceptors (Lipinski definition) is 7. The molecule has 0 amide bonds. The first kappa shape index (κ1) is 17.9. The summed E-state index contributed by atoms with van der Waals surface area (Å²) in [5.41, 5.74) is 3.47. The summed E-state index contributed by atoms with van der Waals surface area (Å²) in [6, 6.07) is 14.6. The minimum absolute atomic E-state index is 0.592. The second kappa shape index (κ2) is 7.67. The van der Waals surface area contributed by atoms with Gasteiger partial charge in [-0.25, -0.2) is 9.97 Å². The van der Waals surface area contributed by atoms with Crippen molar-refractivity contribution >= 4 is 34.0 Å². The minimum atomic E-state index is 0.592. The van der Waals surface area contributed by atoms with Crippen LogP contribution in [-0.2, 0) is 0 Å². The molecule has 3 aromatic heterocycles. The number of methoxy groups -OCH3 is 1. The standard InChI is InChI=1S/C22H21N5OS/c1-28-20-7-9-23-22(25-20)27-12-10-26(11-13-27)19-6-5-16-3-2-4-18(21(16)24-19)17-8-14-29-15-17/h2-9,14-15H,10-13H2,1H3. The fraction of sp³-hybridized carbons (Fsp3) is 0.227. The second-order valence-corrected chi connectivity index (χ2v) is 7.71. The predicted molar refractivity (Wildman–Crippen MR) is 118 cm³/mol. The number of thiophene rings is 1. The van der Waals surface area contributed by atoms with Crippen molar-refractivity contribution in [1.82, 2.24) is 15.0 Å². The Hall–Kier alpha value is -3.19. The quantitative estimate of drug-likeness (QED) is 0.512. The Balaban J connectivity index is 1.39. The van der Waals surface area contributed by atoms with Crippen LogP contribution in [0.3, 0.4) is 0 Å². The van der Waals surface area contributed by atoms with Crippen LogP contribution in [0.5, 0.6) is 5.88 Å². The number of nitrogens with zero attached hydrogens (tertiary/aromatic N) is 5. The zero-order valence-electron chi connectivity index (χ0n) is 16.2. The topological polar surface area (TPSA) is 54.4 Å². The Morgan fingerprint density at radius 1 is 0.931 bits per heavy atom. The van der Waals surface area contributed by atoms with Crippen LogP contribution in [0.1, 0.15) is 0 Å². The van der Waals surface area contributed by atoms with Crippen molar-refractivity contribution in [3.05, 3.63) is 59.4 Å². The monoisotopic (exact) mass is 403 g/mol. The first-order valence-electron chi connectivity index (χ1n) is 9.61. The van der Waals surface area contributed by atoms with Gasteiger partial charge < -0.3 is 14.5 Å². The zero-order chi connectivity index (χ0) is 19.6. The third-order valence-electron chi connectivity index (χ3n) is 5.25. The lowest BCUT2D eigenvalue weighted by Gasteiger charge is -2.35. The molecule has 1 aliphatic heterocycles. The van der Waals surface area contributed by atoms with Gasteiger partial charge in [-0.1, -0.05) is 18.2 Å². The summed E-state index contributed by atoms with van der Waals surface area (Å²) < 4.78 is 5.22. The smallest absolute Gasteiger partial charge is 0.228 e. The summed E-state index contributed by atoms with van der Waals surface area (Å²) in [4.78, 5) is 18.4. The molecule has 146 valence electrons. The molecule has 0 aliphatic carbocycles. The number of hydrogen-bond donors (Lipinski definition) is 0. The Kier molecular flexibility index (Phi) is 4.73. The van der Waals surface area contributed by atoms with Gasteiger partial charge in [0, 0.05) is 49.4 Å². The summed E-state index contributed by atoms with van der Waals surface area (Å²) >= 11 is 1.71. The summed E-state index contributed by atoms with van der Waals surface area (Å²) in [5, 5.41) is 5.45. The van der Waals surface area contributed by atoms with Crippen molar-refractivity contribution < 1.29 is 4.74 Å². The number of pyridine rings is 1. The van der Waals surface area contributed by atoms with E-state index in [1.807, 2.05) is 0 Å². The molecular weight excluding hydrogens is 382 g/mol. The highest BCUT2D eigenvalue weighted by molar-refractivity contribution is 7.08. The van der Waals surface area contributed by atoms with Gasteiger partial charge in [0.1, 0.15) is 5.82 Å². The molecule has 0 unspecified atom stereocenters. The molecular formula is C22H21N5OS. The van der Waals surface area contributed by atoms with Crippen molar-refractivity contribution in [2.24, 2.45) is 0 Å². The molecule has 0 radical (unpaired) electrons. The third-order valence-corrected chi connectivity index (χ3v) is 5.93. The maximum absolute atomic E-state index is 5.22. The van der Waals surface area contributed by atoms with Crippen LogP contribution >= 0.6 is 11.3 Å². The van der Waals surface area contributed by atoms with Gasteiger partial charge in [-0.05, 0) is 34.5 Å². The number of rotatable bonds is 4. The third kappa shape index (κ3) is 3.49. The van der Waals surface area contributed by atoms with Crippen LogP contribution in [0.2, 0.25) is 0 Å². The lowest BCUT2D eigenvalue weighted by Crippen LogP contribution is -2.47. The van der Waals surface area contributed by atoms with Crippen molar-refractivity contribution in [3.63, 3.8) is 0 Å². The zero-order valence-corrected chi connectivity index (χ0v) is 17.0. The number of benzene rings is 1. The van der Waals surface area contributed by atoms with Crippen LogP contribution in [0.25, 0.3) is 22.0 Å². The Labute approximate surface area is 173 Å². The summed E-state index contributed by atoms with van der Waals surface area (Å²) in [7, 11) is 1.62. The highest BCUT2D eigenvalue weighted by Crippen LogP contribution is 2.30. The predicted octanol–water partition coefficient (Wildman–Crippen LogP) is 4.09. The van der Waals surface area contributed by atoms with E-state index >= 15 is 0 Å². The van der Waals surface area contributed by atoms with Crippen LogP contribution < -0.4 is 14.5 Å². The molecule has 4 aromatic rings. The van der Waals surface area contributed by atoms with Crippen molar-refractivity contribution in [3.8, 4) is 17.0 Å². The van der Waals surface area contributed by atoms with E-state index in [2.05, 4.69) is 66.9 Å². The molecule has 0 bridgehead atoms. The number of para-hydroxylation sites is 1. The fourth-order valence-corrected chi connectivity index (χ4v) is 4.35. The van der Waals surface area contributed by atoms with E-state index in [0.717, 1.165) is 43.5 Å². The van der Waals surface area contributed by atoms with Gasteiger partial charge in [-0.3, -0.25) is 0 Å². The Bertz CT molecular complexity index is 1120. The molecule has 0 atom stereocenters. The SMILES string of the molecule is COc1ccnc(N2CCN(c3ccc4cccc(-c5ccsc5)c4n3)CC2)n1. The highest BCUT2D eigenvalue weighted by Gasteiger charge is 2.21. The van der Waals surface area contributed by atoms with E-state index in [1.165, 1.54) is 16.5 Å². The summed E-state index contributed by atoms with van der Waals surface area (Å²) in [5.74, 6) is 2.33. The van der Waals surface area contributed by atoms with Gasteiger partial charge in [-0.2, -0.15) is 16.3 Å². The number of ether oxygens (including phenoxy) is 1. The molecule has 0 N–H and O–H groups in total. The van der Waals surface area contributed by atoms with E-state index in [0.29, 0.717) is 5.88 Å². The van der Waals surface area contributed by atoms with Crippen LogP contribution in [0.4, 0.5) is 11.8 Å². The molecule has 1 saturated heterocycles. The fourth-order valence-electron chi connectivity index (χ4n) is 3.70. The van der Waals surface area contributed by atoms with Gasteiger partial charge >= 0.3 is 0 Å². The number of fused-ring (bicyclic) bond motifs is 1. The van der Waals surface area contributed by atoms with E-state index in [1.54, 1.807) is 30.7 Å². The molecule has 29 heavy (non-hydrogen) atoms. The summed E-state index contributed by atoms with van der Waals surface area (Å²) in [6.07, 6.45) is 1.74. The molecule has 1 fully saturated rings. The first-order valence-corrected chi connectivity index (χ1v) is 10.6. The van der Waals surface area contributed by atoms with Gasteiger partial charge in [0.05, 0.1) is 12.6 Å². The van der Waals surface area contributed by atoms with Gasteiger partial charge in [0.25, 0.3) is 0 Å². The molecule has 0 saturated carbocycles. The molecule has 0 spiro atoms. The van der Waals surface area contributed by atoms with E-state index < -0.39 is 0 Å². The van der Waals surface area contributed by atoms with Crippen molar-refractivity contribution in [1.29, 1.82) is 0 Å². The maximum Gasteiger partial charge on any atom is 0.228 e. The van der Waals surface area contributed by atoms with Crippen LogP contribution in [0, 0.1) is 0 Å². The lowest BCUT2D eigenvalue weighted by atomic mass is 10.0. The average Bonchev–Trinajstić information content (AvgIpc) is 3.33. The highest BCUT2D eigenvalue weighted by atomic mass is 32.1. The molecule has 5 rings (SSSR count). The summed E-state index contributed by atoms with van der Waals surface area (Å²) in [6.45, 7) is 3.44. The van der Waals surface area contributed by atoms with Crippen molar-refractivity contribution in [2.75, 3.05) is 43.1 Å².